The van der Waals surface area contributed by atoms with Gasteiger partial charge in [-0.3, -0.25) is 28.9 Å². The van der Waals surface area contributed by atoms with E-state index in [0.717, 1.165) is 12.0 Å². The second-order valence-corrected chi connectivity index (χ2v) is 17.8. The molecule has 0 saturated carbocycles. The Morgan fingerprint density at radius 3 is 1.83 bits per heavy atom. The van der Waals surface area contributed by atoms with Crippen molar-refractivity contribution in [2.75, 3.05) is 18.4 Å². The number of anilines is 1. The van der Waals surface area contributed by atoms with E-state index in [0.29, 0.717) is 48.9 Å². The molecule has 290 valence electrons. The summed E-state index contributed by atoms with van der Waals surface area (Å²) in [6.45, 7) is 22.4. The molecule has 0 spiro atoms. The summed E-state index contributed by atoms with van der Waals surface area (Å²) < 4.78 is 0. The minimum Gasteiger partial charge on any atom is -0.352 e. The first kappa shape index (κ1) is 44.1. The fourth-order valence-electron chi connectivity index (χ4n) is 6.59. The number of nitrogens with one attached hydrogen (secondary N) is 3. The smallest absolute Gasteiger partial charge is 0.312 e. The highest BCUT2D eigenvalue weighted by atomic mass is 16.2. The number of primary amides is 1. The highest BCUT2D eigenvalue weighted by Gasteiger charge is 2.46. The summed E-state index contributed by atoms with van der Waals surface area (Å²) in [6.07, 6.45) is 3.49. The van der Waals surface area contributed by atoms with Crippen molar-refractivity contribution in [1.82, 2.24) is 15.5 Å². The molecule has 0 radical (unpaired) electrons. The van der Waals surface area contributed by atoms with Crippen LogP contribution in [0.5, 0.6) is 0 Å². The maximum Gasteiger partial charge on any atom is 0.312 e. The lowest BCUT2D eigenvalue weighted by atomic mass is 9.76. The molecule has 11 heteroatoms. The van der Waals surface area contributed by atoms with E-state index in [1.165, 1.54) is 4.90 Å². The number of hydrogen-bond donors (Lipinski definition) is 4. The largest absolute Gasteiger partial charge is 0.352 e. The minimum atomic E-state index is -0.777. The lowest BCUT2D eigenvalue weighted by Gasteiger charge is -2.25. The van der Waals surface area contributed by atoms with E-state index in [9.17, 15) is 28.8 Å². The zero-order valence-corrected chi connectivity index (χ0v) is 33.6. The first-order chi connectivity index (χ1) is 23.9. The number of Topliss-reactive ketones (excluding diaryl/α,β-unsaturated/α-hetero) is 1. The van der Waals surface area contributed by atoms with Crippen molar-refractivity contribution in [2.24, 2.45) is 33.8 Å². The number of unbranched alkanes of at least 4 members (excludes halogenated alkanes) is 2. The molecular weight excluding hydrogens is 658 g/mol. The van der Waals surface area contributed by atoms with Crippen LogP contribution in [-0.2, 0) is 30.4 Å². The normalized spacial score (nSPS) is 15.2. The molecule has 1 heterocycles. The lowest BCUT2D eigenvalue weighted by molar-refractivity contribution is -0.138. The second kappa shape index (κ2) is 18.6. The van der Waals surface area contributed by atoms with Gasteiger partial charge in [0.2, 0.25) is 11.8 Å². The van der Waals surface area contributed by atoms with Gasteiger partial charge >= 0.3 is 6.03 Å². The molecule has 1 aliphatic rings. The third kappa shape index (κ3) is 13.8. The van der Waals surface area contributed by atoms with E-state index in [-0.39, 0.29) is 66.7 Å². The molecule has 1 aromatic carbocycles. The molecular formula is C41H65N5O6. The monoisotopic (exact) mass is 723 g/mol. The minimum absolute atomic E-state index is 0.0767. The zero-order valence-electron chi connectivity index (χ0n) is 33.6. The number of imide groups is 1. The number of nitrogens with two attached hydrogens (primary N) is 1. The Hall–Kier alpha value is -4.02. The van der Waals surface area contributed by atoms with E-state index in [2.05, 4.69) is 36.7 Å². The number of carbonyl (C=O) groups excluding carboxylic acids is 6. The predicted octanol–water partition coefficient (Wildman–Crippen LogP) is 6.70. The van der Waals surface area contributed by atoms with E-state index in [4.69, 9.17) is 5.73 Å². The Labute approximate surface area is 311 Å². The summed E-state index contributed by atoms with van der Waals surface area (Å²) in [7, 11) is 0. The average molecular weight is 724 g/mol. The van der Waals surface area contributed by atoms with Gasteiger partial charge in [0.1, 0.15) is 0 Å². The highest BCUT2D eigenvalue weighted by Crippen LogP contribution is 2.42. The van der Waals surface area contributed by atoms with Crippen LogP contribution in [0.15, 0.2) is 35.4 Å². The summed E-state index contributed by atoms with van der Waals surface area (Å²) in [5.74, 6) is -2.17. The van der Waals surface area contributed by atoms with Gasteiger partial charge in [0, 0.05) is 48.7 Å². The number of urea groups is 1. The number of benzene rings is 1. The molecule has 2 rings (SSSR count). The van der Waals surface area contributed by atoms with Crippen LogP contribution in [0.3, 0.4) is 0 Å². The summed E-state index contributed by atoms with van der Waals surface area (Å²) in [5, 5.41) is 8.36. The quantitative estimate of drug-likeness (QED) is 0.0972. The van der Waals surface area contributed by atoms with Crippen LogP contribution < -0.4 is 21.7 Å². The second-order valence-electron chi connectivity index (χ2n) is 17.8. The summed E-state index contributed by atoms with van der Waals surface area (Å²) in [6, 6.07) is 6.24. The molecule has 52 heavy (non-hydrogen) atoms. The van der Waals surface area contributed by atoms with Gasteiger partial charge < -0.3 is 21.7 Å². The van der Waals surface area contributed by atoms with Crippen LogP contribution in [0.4, 0.5) is 10.5 Å². The maximum atomic E-state index is 13.6. The van der Waals surface area contributed by atoms with Gasteiger partial charge in [-0.25, -0.2) is 4.79 Å². The number of hydrogen-bond acceptors (Lipinski definition) is 6. The molecule has 2 atom stereocenters. The van der Waals surface area contributed by atoms with Crippen LogP contribution in [0.25, 0.3) is 0 Å². The molecule has 0 saturated heterocycles. The Kier molecular flexibility index (Phi) is 15.8. The lowest BCUT2D eigenvalue weighted by Crippen LogP contribution is -2.45. The third-order valence-corrected chi connectivity index (χ3v) is 9.09. The molecule has 1 aromatic rings. The number of carbonyl (C=O) groups is 6. The number of nitrogens with zero attached hydrogens (tertiary/aromatic N) is 1. The van der Waals surface area contributed by atoms with E-state index < -0.39 is 28.8 Å². The van der Waals surface area contributed by atoms with Crippen LogP contribution >= 0.6 is 0 Å². The Balaban J connectivity index is 1.99. The van der Waals surface area contributed by atoms with Crippen molar-refractivity contribution < 1.29 is 28.8 Å². The molecule has 0 fully saturated rings. The molecule has 0 aliphatic carbocycles. The van der Waals surface area contributed by atoms with Gasteiger partial charge in [0.05, 0.1) is 6.04 Å². The fourth-order valence-corrected chi connectivity index (χ4v) is 6.59. The zero-order chi connectivity index (χ0) is 39.6. The topological polar surface area (TPSA) is 168 Å². The van der Waals surface area contributed by atoms with Crippen molar-refractivity contribution in [3.8, 4) is 0 Å². The molecule has 11 nitrogen and oxygen atoms in total. The van der Waals surface area contributed by atoms with Gasteiger partial charge in [-0.15, -0.1) is 0 Å². The van der Waals surface area contributed by atoms with Gasteiger partial charge in [-0.2, -0.15) is 0 Å². The van der Waals surface area contributed by atoms with Gasteiger partial charge in [0.25, 0.3) is 11.8 Å². The molecule has 1 aliphatic heterocycles. The molecule has 0 bridgehead atoms. The van der Waals surface area contributed by atoms with Crippen LogP contribution in [0.1, 0.15) is 127 Å². The summed E-state index contributed by atoms with van der Waals surface area (Å²) >= 11 is 0. The third-order valence-electron chi connectivity index (χ3n) is 9.09. The first-order valence-electron chi connectivity index (χ1n) is 18.8. The predicted molar refractivity (Wildman–Crippen MR) is 206 cm³/mol. The van der Waals surface area contributed by atoms with E-state index in [1.54, 1.807) is 0 Å². The summed E-state index contributed by atoms with van der Waals surface area (Å²) in [5.41, 5.74) is 7.32. The average Bonchev–Trinajstić information content (AvgIpc) is 3.27. The number of ketones is 1. The Morgan fingerprint density at radius 2 is 1.35 bits per heavy atom. The maximum absolute atomic E-state index is 13.6. The molecule has 0 aromatic heterocycles. The van der Waals surface area contributed by atoms with Gasteiger partial charge in [-0.1, -0.05) is 94.7 Å². The molecule has 6 amide bonds. The van der Waals surface area contributed by atoms with Crippen molar-refractivity contribution in [1.29, 1.82) is 0 Å². The van der Waals surface area contributed by atoms with Gasteiger partial charge in [0.15, 0.2) is 5.78 Å². The highest BCUT2D eigenvalue weighted by molar-refractivity contribution is 6.20. The number of rotatable bonds is 18. The van der Waals surface area contributed by atoms with Crippen LogP contribution in [0, 0.1) is 28.1 Å². The Bertz CT molecular complexity index is 1440. The summed E-state index contributed by atoms with van der Waals surface area (Å²) in [4.78, 5) is 79.2. The molecule has 0 unspecified atom stereocenters. The fraction of sp³-hybridized carbons (Fsp3) is 0.659. The van der Waals surface area contributed by atoms with Crippen LogP contribution in [0.2, 0.25) is 0 Å². The SMILES string of the molecule is CC(C)[C@@H](NC(=O)CCCCCN1C(=O)C(C(C)(C)C)=C(C(C)(C)C)C1=O)C(=O)C[C@H](CCCNC(N)=O)C(=O)Nc1ccc(CC(C)(C)C)cc1. The van der Waals surface area contributed by atoms with Crippen molar-refractivity contribution in [3.05, 3.63) is 41.0 Å². The van der Waals surface area contributed by atoms with E-state index >= 15 is 0 Å². The van der Waals surface area contributed by atoms with Crippen molar-refractivity contribution in [2.45, 2.75) is 134 Å². The van der Waals surface area contributed by atoms with Crippen molar-refractivity contribution >= 4 is 41.1 Å². The standard InChI is InChI=1S/C41H65N5O6/c1-26(2)34(45-31(48)17-13-12-14-23-46-36(50)32(40(6,7)8)33(37(46)51)41(9,10)11)30(47)24-28(16-15-22-43-38(42)52)35(49)44-29-20-18-27(19-21-29)25-39(3,4)5/h18-21,26,28,34H,12-17,22-25H2,1-11H3,(H,44,49)(H,45,48)(H3,42,43,52)/t28-,34+/m0/s1. The van der Waals surface area contributed by atoms with Gasteiger partial charge in [-0.05, 0) is 72.0 Å². The van der Waals surface area contributed by atoms with Crippen molar-refractivity contribution in [3.63, 3.8) is 0 Å². The van der Waals surface area contributed by atoms with Crippen LogP contribution in [-0.4, -0.2) is 59.5 Å². The first-order valence-corrected chi connectivity index (χ1v) is 18.8. The Morgan fingerprint density at radius 1 is 0.788 bits per heavy atom. The van der Waals surface area contributed by atoms with E-state index in [1.807, 2.05) is 79.7 Å². The number of amides is 6. The molecule has 5 N–H and O–H groups in total.